The Morgan fingerprint density at radius 3 is 2.64 bits per heavy atom. The summed E-state index contributed by atoms with van der Waals surface area (Å²) in [5.41, 5.74) is 0.967. The van der Waals surface area contributed by atoms with E-state index in [1.807, 2.05) is 25.1 Å². The highest BCUT2D eigenvalue weighted by molar-refractivity contribution is 5.68. The number of carboxylic acids is 1. The highest BCUT2D eigenvalue weighted by Crippen LogP contribution is 2.36. The topological polar surface area (TPSA) is 65.0 Å². The number of hydrogen-bond acceptors (Lipinski definition) is 4. The molecule has 0 heterocycles. The van der Waals surface area contributed by atoms with E-state index in [9.17, 15) is 9.90 Å². The molecule has 0 saturated heterocycles. The molecular weight excluding hydrogens is 320 g/mol. The van der Waals surface area contributed by atoms with Gasteiger partial charge in [-0.1, -0.05) is 19.4 Å². The van der Waals surface area contributed by atoms with Crippen LogP contribution in [0.4, 0.5) is 0 Å². The first-order valence-corrected chi connectivity index (χ1v) is 9.28. The van der Waals surface area contributed by atoms with E-state index in [4.69, 9.17) is 14.2 Å². The molecule has 1 fully saturated rings. The van der Waals surface area contributed by atoms with Gasteiger partial charge >= 0.3 is 5.97 Å². The smallest absolute Gasteiger partial charge is 0.303 e. The average Bonchev–Trinajstić information content (AvgIpc) is 2.61. The summed E-state index contributed by atoms with van der Waals surface area (Å²) in [7, 11) is 1.64. The van der Waals surface area contributed by atoms with Crippen molar-refractivity contribution in [2.45, 2.75) is 63.9 Å². The summed E-state index contributed by atoms with van der Waals surface area (Å²) < 4.78 is 17.0. The lowest BCUT2D eigenvalue weighted by molar-refractivity contribution is -0.137. The highest BCUT2D eigenvalue weighted by Gasteiger charge is 2.22. The molecule has 2 rings (SSSR count). The number of rotatable bonds is 10. The summed E-state index contributed by atoms with van der Waals surface area (Å²) in [6.45, 7) is 3.02. The van der Waals surface area contributed by atoms with E-state index < -0.39 is 5.97 Å². The maximum Gasteiger partial charge on any atom is 0.303 e. The van der Waals surface area contributed by atoms with Gasteiger partial charge in [0.1, 0.15) is 18.1 Å². The summed E-state index contributed by atoms with van der Waals surface area (Å²) in [5.74, 6) is 0.673. The van der Waals surface area contributed by atoms with Crippen molar-refractivity contribution in [1.82, 2.24) is 0 Å². The number of carboxylic acid groups (broad SMARTS) is 1. The summed E-state index contributed by atoms with van der Waals surface area (Å²) in [5, 5.41) is 9.21. The van der Waals surface area contributed by atoms with Crippen LogP contribution in [0.5, 0.6) is 11.5 Å². The van der Waals surface area contributed by atoms with Gasteiger partial charge in [-0.2, -0.15) is 0 Å². The minimum Gasteiger partial charge on any atom is -0.491 e. The van der Waals surface area contributed by atoms with E-state index >= 15 is 0 Å². The molecule has 140 valence electrons. The number of methoxy groups -OCH3 is 1. The van der Waals surface area contributed by atoms with Crippen LogP contribution in [-0.4, -0.2) is 37.5 Å². The van der Waals surface area contributed by atoms with Crippen LogP contribution in [0, 0.1) is 0 Å². The average molecular weight is 350 g/mol. The van der Waals surface area contributed by atoms with Gasteiger partial charge < -0.3 is 19.3 Å². The Bertz CT molecular complexity index is 537. The predicted octanol–water partition coefficient (Wildman–Crippen LogP) is 4.39. The molecular formula is C20H30O5. The molecule has 25 heavy (non-hydrogen) atoms. The molecule has 0 aliphatic heterocycles. The van der Waals surface area contributed by atoms with E-state index in [2.05, 4.69) is 0 Å². The second kappa shape index (κ2) is 10.3. The summed E-state index contributed by atoms with van der Waals surface area (Å²) in [6.07, 6.45) is 6.85. The zero-order chi connectivity index (χ0) is 18.1. The van der Waals surface area contributed by atoms with Crippen molar-refractivity contribution in [3.05, 3.63) is 23.8 Å². The zero-order valence-electron chi connectivity index (χ0n) is 15.3. The van der Waals surface area contributed by atoms with Crippen molar-refractivity contribution < 1.29 is 24.1 Å². The van der Waals surface area contributed by atoms with Gasteiger partial charge in [0.2, 0.25) is 0 Å². The SMILES string of the molecule is CCC(CC(=O)O)c1ccc(OCCOC)cc1OC1CCCCC1. The number of aliphatic carboxylic acids is 1. The first kappa shape index (κ1) is 19.6. The second-order valence-corrected chi connectivity index (χ2v) is 6.62. The second-order valence-electron chi connectivity index (χ2n) is 6.62. The number of ether oxygens (including phenoxy) is 3. The third-order valence-corrected chi connectivity index (χ3v) is 4.74. The molecule has 0 aromatic heterocycles. The summed E-state index contributed by atoms with van der Waals surface area (Å²) >= 11 is 0. The van der Waals surface area contributed by atoms with Crippen LogP contribution in [0.3, 0.4) is 0 Å². The molecule has 1 aliphatic rings. The number of benzene rings is 1. The molecule has 1 aromatic rings. The van der Waals surface area contributed by atoms with Crippen LogP contribution in [0.1, 0.15) is 63.4 Å². The quantitative estimate of drug-likeness (QED) is 0.634. The normalized spacial score (nSPS) is 16.4. The van der Waals surface area contributed by atoms with Gasteiger partial charge in [-0.3, -0.25) is 4.79 Å². The van der Waals surface area contributed by atoms with Gasteiger partial charge in [-0.05, 0) is 49.7 Å². The van der Waals surface area contributed by atoms with Crippen molar-refractivity contribution in [2.75, 3.05) is 20.3 Å². The fraction of sp³-hybridized carbons (Fsp3) is 0.650. The van der Waals surface area contributed by atoms with Crippen molar-refractivity contribution in [3.8, 4) is 11.5 Å². The highest BCUT2D eigenvalue weighted by atomic mass is 16.5. The van der Waals surface area contributed by atoms with E-state index in [0.29, 0.717) is 13.2 Å². The van der Waals surface area contributed by atoms with Gasteiger partial charge in [-0.25, -0.2) is 0 Å². The predicted molar refractivity (Wildman–Crippen MR) is 96.6 cm³/mol. The molecule has 0 bridgehead atoms. The van der Waals surface area contributed by atoms with Crippen molar-refractivity contribution >= 4 is 5.97 Å². The molecule has 0 radical (unpaired) electrons. The van der Waals surface area contributed by atoms with Gasteiger partial charge in [0.05, 0.1) is 19.1 Å². The molecule has 1 saturated carbocycles. The molecule has 1 aliphatic carbocycles. The Hall–Kier alpha value is -1.75. The van der Waals surface area contributed by atoms with Crippen molar-refractivity contribution in [2.24, 2.45) is 0 Å². The molecule has 1 aromatic carbocycles. The van der Waals surface area contributed by atoms with Crippen molar-refractivity contribution in [1.29, 1.82) is 0 Å². The Balaban J connectivity index is 2.20. The lowest BCUT2D eigenvalue weighted by Gasteiger charge is -2.26. The molecule has 5 heteroatoms. The van der Waals surface area contributed by atoms with Gasteiger partial charge in [0.15, 0.2) is 0 Å². The van der Waals surface area contributed by atoms with E-state index in [-0.39, 0.29) is 18.4 Å². The molecule has 0 amide bonds. The van der Waals surface area contributed by atoms with Gasteiger partial charge in [0, 0.05) is 13.2 Å². The lowest BCUT2D eigenvalue weighted by atomic mass is 9.92. The standard InChI is InChI=1S/C20H30O5/c1-3-15(13-20(21)22)18-10-9-17(24-12-11-23-2)14-19(18)25-16-7-5-4-6-8-16/h9-10,14-16H,3-8,11-13H2,1-2H3,(H,21,22). The first-order chi connectivity index (χ1) is 12.1. The van der Waals surface area contributed by atoms with Gasteiger partial charge in [0.25, 0.3) is 0 Å². The fourth-order valence-electron chi connectivity index (χ4n) is 3.33. The van der Waals surface area contributed by atoms with Crippen LogP contribution in [0.25, 0.3) is 0 Å². The van der Waals surface area contributed by atoms with Gasteiger partial charge in [-0.15, -0.1) is 0 Å². The lowest BCUT2D eigenvalue weighted by Crippen LogP contribution is -2.21. The molecule has 1 atom stereocenters. The third-order valence-electron chi connectivity index (χ3n) is 4.74. The zero-order valence-corrected chi connectivity index (χ0v) is 15.3. The molecule has 1 N–H and O–H groups in total. The van der Waals surface area contributed by atoms with Crippen LogP contribution < -0.4 is 9.47 Å². The van der Waals surface area contributed by atoms with E-state index in [0.717, 1.165) is 36.3 Å². The first-order valence-electron chi connectivity index (χ1n) is 9.28. The molecule has 5 nitrogen and oxygen atoms in total. The molecule has 0 spiro atoms. The maximum atomic E-state index is 11.2. The Kier molecular flexibility index (Phi) is 8.06. The number of carbonyl (C=O) groups is 1. The minimum atomic E-state index is -0.782. The van der Waals surface area contributed by atoms with E-state index in [1.54, 1.807) is 7.11 Å². The Morgan fingerprint density at radius 1 is 1.24 bits per heavy atom. The van der Waals surface area contributed by atoms with Crippen LogP contribution in [0.2, 0.25) is 0 Å². The summed E-state index contributed by atoms with van der Waals surface area (Å²) in [6, 6.07) is 5.75. The number of hydrogen-bond donors (Lipinski definition) is 1. The minimum absolute atomic E-state index is 0.0517. The third kappa shape index (κ3) is 6.24. The summed E-state index contributed by atoms with van der Waals surface area (Å²) in [4.78, 5) is 11.2. The Labute approximate surface area is 150 Å². The van der Waals surface area contributed by atoms with Crippen LogP contribution in [0.15, 0.2) is 18.2 Å². The van der Waals surface area contributed by atoms with Crippen LogP contribution in [-0.2, 0) is 9.53 Å². The van der Waals surface area contributed by atoms with E-state index in [1.165, 1.54) is 19.3 Å². The molecule has 1 unspecified atom stereocenters. The Morgan fingerprint density at radius 2 is 2.00 bits per heavy atom. The largest absolute Gasteiger partial charge is 0.491 e. The fourth-order valence-corrected chi connectivity index (χ4v) is 3.33. The van der Waals surface area contributed by atoms with Crippen LogP contribution >= 0.6 is 0 Å². The maximum absolute atomic E-state index is 11.2. The van der Waals surface area contributed by atoms with Crippen molar-refractivity contribution in [3.63, 3.8) is 0 Å². The monoisotopic (exact) mass is 350 g/mol.